The van der Waals surface area contributed by atoms with E-state index in [1.807, 2.05) is 23.5 Å². The van der Waals surface area contributed by atoms with Gasteiger partial charge in [0.15, 0.2) is 0 Å². The first-order chi connectivity index (χ1) is 5.29. The molecule has 4 heteroatoms. The highest BCUT2D eigenvalue weighted by atomic mass is 32.2. The minimum absolute atomic E-state index is 0.609. The van der Waals surface area contributed by atoms with Crippen molar-refractivity contribution in [3.05, 3.63) is 0 Å². The Kier molecular flexibility index (Phi) is 4.02. The van der Waals surface area contributed by atoms with Crippen LogP contribution in [0, 0.1) is 0 Å². The second-order valence-corrected chi connectivity index (χ2v) is 5.15. The van der Waals surface area contributed by atoms with Crippen molar-refractivity contribution < 1.29 is 0 Å². The van der Waals surface area contributed by atoms with E-state index in [9.17, 15) is 0 Å². The normalized spacial score (nSPS) is 20.9. The van der Waals surface area contributed by atoms with E-state index in [0.29, 0.717) is 5.37 Å². The smallest absolute Gasteiger partial charge is 0.137 e. The summed E-state index contributed by atoms with van der Waals surface area (Å²) in [6.45, 7) is 3.36. The third kappa shape index (κ3) is 2.26. The van der Waals surface area contributed by atoms with Gasteiger partial charge >= 0.3 is 0 Å². The molecule has 0 bridgehead atoms. The SMILES string of the molecule is CCC(SC)N1CCSC1=S. The quantitative estimate of drug-likeness (QED) is 0.654. The van der Waals surface area contributed by atoms with Crippen LogP contribution in [0.4, 0.5) is 0 Å². The molecule has 1 aliphatic rings. The number of nitrogens with zero attached hydrogens (tertiary/aromatic N) is 1. The van der Waals surface area contributed by atoms with E-state index < -0.39 is 0 Å². The molecule has 0 radical (unpaired) electrons. The molecule has 1 atom stereocenters. The number of hydrogen-bond donors (Lipinski definition) is 0. The van der Waals surface area contributed by atoms with Gasteiger partial charge in [0.1, 0.15) is 4.32 Å². The fraction of sp³-hybridized carbons (Fsp3) is 0.857. The van der Waals surface area contributed by atoms with E-state index in [4.69, 9.17) is 12.2 Å². The van der Waals surface area contributed by atoms with Crippen LogP contribution in [0.25, 0.3) is 0 Å². The minimum Gasteiger partial charge on any atom is -0.345 e. The highest BCUT2D eigenvalue weighted by molar-refractivity contribution is 8.23. The van der Waals surface area contributed by atoms with Crippen molar-refractivity contribution in [1.82, 2.24) is 4.90 Å². The first-order valence-electron chi connectivity index (χ1n) is 3.75. The standard InChI is InChI=1S/C7H13NS3/c1-3-6(10-2)8-4-5-11-7(8)9/h6H,3-5H2,1-2H3. The van der Waals surface area contributed by atoms with E-state index in [1.54, 1.807) is 0 Å². The predicted molar refractivity (Wildman–Crippen MR) is 59.4 cm³/mol. The van der Waals surface area contributed by atoms with Crippen LogP contribution in [-0.2, 0) is 0 Å². The van der Waals surface area contributed by atoms with Crippen molar-refractivity contribution in [1.29, 1.82) is 0 Å². The van der Waals surface area contributed by atoms with Crippen LogP contribution in [0.1, 0.15) is 13.3 Å². The highest BCUT2D eigenvalue weighted by Gasteiger charge is 2.23. The molecule has 0 spiro atoms. The molecule has 0 N–H and O–H groups in total. The van der Waals surface area contributed by atoms with E-state index in [1.165, 1.54) is 12.2 Å². The largest absolute Gasteiger partial charge is 0.345 e. The van der Waals surface area contributed by atoms with Crippen LogP contribution in [0.2, 0.25) is 0 Å². The van der Waals surface area contributed by atoms with Crippen LogP contribution < -0.4 is 0 Å². The number of rotatable bonds is 3. The van der Waals surface area contributed by atoms with Gasteiger partial charge in [-0.3, -0.25) is 0 Å². The Morgan fingerprint density at radius 2 is 2.55 bits per heavy atom. The summed E-state index contributed by atoms with van der Waals surface area (Å²) < 4.78 is 1.09. The summed E-state index contributed by atoms with van der Waals surface area (Å²) >= 11 is 8.93. The van der Waals surface area contributed by atoms with Crippen LogP contribution in [0.15, 0.2) is 0 Å². The summed E-state index contributed by atoms with van der Waals surface area (Å²) in [5.41, 5.74) is 0. The van der Waals surface area contributed by atoms with Gasteiger partial charge in [-0.1, -0.05) is 30.9 Å². The summed E-state index contributed by atoms with van der Waals surface area (Å²) in [7, 11) is 0. The molecule has 1 aliphatic heterocycles. The monoisotopic (exact) mass is 207 g/mol. The lowest BCUT2D eigenvalue weighted by molar-refractivity contribution is 0.432. The van der Waals surface area contributed by atoms with Crippen molar-refractivity contribution in [3.8, 4) is 0 Å². The van der Waals surface area contributed by atoms with Gasteiger partial charge < -0.3 is 4.90 Å². The van der Waals surface area contributed by atoms with Gasteiger partial charge in [0, 0.05) is 12.3 Å². The molecule has 1 heterocycles. The topological polar surface area (TPSA) is 3.24 Å². The highest BCUT2D eigenvalue weighted by Crippen LogP contribution is 2.26. The maximum atomic E-state index is 5.22. The van der Waals surface area contributed by atoms with Gasteiger partial charge in [-0.05, 0) is 12.7 Å². The Labute approximate surface area is 82.3 Å². The summed E-state index contributed by atoms with van der Waals surface area (Å²) in [4.78, 5) is 2.34. The zero-order valence-corrected chi connectivity index (χ0v) is 9.32. The molecule has 1 nitrogen and oxygen atoms in total. The molecule has 1 saturated heterocycles. The van der Waals surface area contributed by atoms with Crippen molar-refractivity contribution in [2.45, 2.75) is 18.7 Å². The summed E-state index contributed by atoms with van der Waals surface area (Å²) in [5.74, 6) is 1.18. The Hall–Kier alpha value is 0.590. The molecule has 0 saturated carbocycles. The van der Waals surface area contributed by atoms with Gasteiger partial charge in [-0.25, -0.2) is 0 Å². The Bertz CT molecular complexity index is 145. The van der Waals surface area contributed by atoms with E-state index >= 15 is 0 Å². The van der Waals surface area contributed by atoms with Gasteiger partial charge in [0.2, 0.25) is 0 Å². The molecule has 1 unspecified atom stereocenters. The third-order valence-electron chi connectivity index (χ3n) is 1.76. The predicted octanol–water partition coefficient (Wildman–Crippen LogP) is 2.42. The molecular weight excluding hydrogens is 194 g/mol. The lowest BCUT2D eigenvalue weighted by atomic mass is 10.4. The van der Waals surface area contributed by atoms with Gasteiger partial charge in [-0.15, -0.1) is 11.8 Å². The molecule has 0 amide bonds. The number of thiocarbonyl (C=S) groups is 1. The maximum absolute atomic E-state index is 5.22. The van der Waals surface area contributed by atoms with Crippen molar-refractivity contribution in [2.75, 3.05) is 18.6 Å². The van der Waals surface area contributed by atoms with Crippen LogP contribution >= 0.6 is 35.7 Å². The molecule has 1 fully saturated rings. The Morgan fingerprint density at radius 1 is 1.82 bits per heavy atom. The second kappa shape index (κ2) is 4.58. The van der Waals surface area contributed by atoms with Gasteiger partial charge in [0.25, 0.3) is 0 Å². The Morgan fingerprint density at radius 3 is 2.91 bits per heavy atom. The molecule has 11 heavy (non-hydrogen) atoms. The zero-order valence-electron chi connectivity index (χ0n) is 6.87. The number of thioether (sulfide) groups is 2. The lowest BCUT2D eigenvalue weighted by Gasteiger charge is -2.25. The fourth-order valence-electron chi connectivity index (χ4n) is 1.18. The van der Waals surface area contributed by atoms with Crippen molar-refractivity contribution in [3.63, 3.8) is 0 Å². The van der Waals surface area contributed by atoms with E-state index in [0.717, 1.165) is 10.9 Å². The molecular formula is C7H13NS3. The average molecular weight is 207 g/mol. The van der Waals surface area contributed by atoms with E-state index in [2.05, 4.69) is 18.1 Å². The summed E-state index contributed by atoms with van der Waals surface area (Å²) in [6.07, 6.45) is 3.33. The van der Waals surface area contributed by atoms with Crippen LogP contribution in [0.3, 0.4) is 0 Å². The molecule has 0 aromatic heterocycles. The molecule has 0 aromatic carbocycles. The molecule has 1 rings (SSSR count). The maximum Gasteiger partial charge on any atom is 0.137 e. The van der Waals surface area contributed by atoms with Gasteiger partial charge in [-0.2, -0.15) is 0 Å². The first-order valence-corrected chi connectivity index (χ1v) is 6.44. The molecule has 0 aromatic rings. The average Bonchev–Trinajstić information content (AvgIpc) is 2.40. The minimum atomic E-state index is 0.609. The fourth-order valence-corrected chi connectivity index (χ4v) is 3.43. The summed E-state index contributed by atoms with van der Waals surface area (Å²) in [5, 5.41) is 0.609. The molecule has 0 aliphatic carbocycles. The van der Waals surface area contributed by atoms with E-state index in [-0.39, 0.29) is 0 Å². The lowest BCUT2D eigenvalue weighted by Crippen LogP contribution is -2.31. The number of hydrogen-bond acceptors (Lipinski definition) is 3. The van der Waals surface area contributed by atoms with Crippen molar-refractivity contribution in [2.24, 2.45) is 0 Å². The first kappa shape index (κ1) is 9.68. The van der Waals surface area contributed by atoms with Gasteiger partial charge in [0.05, 0.1) is 5.37 Å². The summed E-state index contributed by atoms with van der Waals surface area (Å²) in [6, 6.07) is 0. The van der Waals surface area contributed by atoms with Crippen LogP contribution in [0.5, 0.6) is 0 Å². The van der Waals surface area contributed by atoms with Crippen LogP contribution in [-0.4, -0.2) is 33.1 Å². The third-order valence-corrected chi connectivity index (χ3v) is 4.35. The zero-order chi connectivity index (χ0) is 8.27. The molecule has 64 valence electrons. The van der Waals surface area contributed by atoms with Crippen molar-refractivity contribution >= 4 is 40.1 Å². The Balaban J connectivity index is 2.49. The second-order valence-electron chi connectivity index (χ2n) is 2.41.